The zero-order chi connectivity index (χ0) is 15.0. The van der Waals surface area contributed by atoms with E-state index in [1.807, 2.05) is 0 Å². The molecular weight excluding hydrogens is 272 g/mol. The summed E-state index contributed by atoms with van der Waals surface area (Å²) in [5, 5.41) is 0. The van der Waals surface area contributed by atoms with E-state index >= 15 is 0 Å². The predicted octanol–water partition coefficient (Wildman–Crippen LogP) is 5.59. The Morgan fingerprint density at radius 3 is 2.14 bits per heavy atom. The van der Waals surface area contributed by atoms with Crippen molar-refractivity contribution in [2.45, 2.75) is 44.8 Å². The fraction of sp³-hybridized carbons (Fsp3) is 0.368. The first kappa shape index (κ1) is 14.4. The quantitative estimate of drug-likeness (QED) is 0.670. The van der Waals surface area contributed by atoms with Gasteiger partial charge in [0.15, 0.2) is 0 Å². The van der Waals surface area contributed by atoms with Crippen LogP contribution in [0.5, 0.6) is 5.75 Å². The van der Waals surface area contributed by atoms with Crippen LogP contribution >= 0.6 is 0 Å². The Hall–Kier alpha value is -1.54. The highest BCUT2D eigenvalue weighted by Gasteiger charge is 2.48. The van der Waals surface area contributed by atoms with Gasteiger partial charge in [-0.05, 0) is 39.9 Å². The Bertz CT molecular complexity index is 623. The van der Waals surface area contributed by atoms with Gasteiger partial charge in [0, 0.05) is 6.04 Å². The number of benzene rings is 2. The van der Waals surface area contributed by atoms with E-state index in [4.69, 9.17) is 4.43 Å². The molecule has 0 aliphatic carbocycles. The van der Waals surface area contributed by atoms with Crippen molar-refractivity contribution in [3.63, 3.8) is 0 Å². The molecule has 0 atom stereocenters. The van der Waals surface area contributed by atoms with Crippen molar-refractivity contribution in [2.75, 3.05) is 0 Å². The molecule has 2 aromatic rings. The van der Waals surface area contributed by atoms with Crippen molar-refractivity contribution in [1.82, 2.24) is 0 Å². The summed E-state index contributed by atoms with van der Waals surface area (Å²) in [6, 6.07) is 18.5. The molecule has 21 heavy (non-hydrogen) atoms. The third-order valence-electron chi connectivity index (χ3n) is 4.89. The van der Waals surface area contributed by atoms with E-state index in [0.717, 1.165) is 11.8 Å². The highest BCUT2D eigenvalue weighted by molar-refractivity contribution is 6.77. The maximum Gasteiger partial charge on any atom is 0.260 e. The van der Waals surface area contributed by atoms with Crippen molar-refractivity contribution >= 4 is 8.32 Å². The van der Waals surface area contributed by atoms with Gasteiger partial charge in [0.05, 0.1) is 0 Å². The second kappa shape index (κ2) is 5.34. The minimum absolute atomic E-state index is 0.644. The monoisotopic (exact) mass is 296 g/mol. The SMILES string of the molecule is CC(C)[Si]1(C(C)C)Cc2cc(-c3ccccc3)ccc2O1. The van der Waals surface area contributed by atoms with Gasteiger partial charge in [0.2, 0.25) is 0 Å². The Kier molecular flexibility index (Phi) is 3.66. The average molecular weight is 296 g/mol. The smallest absolute Gasteiger partial charge is 0.260 e. The lowest BCUT2D eigenvalue weighted by atomic mass is 10.0. The van der Waals surface area contributed by atoms with Crippen LogP contribution in [0.25, 0.3) is 11.1 Å². The van der Waals surface area contributed by atoms with E-state index < -0.39 is 8.32 Å². The molecule has 0 spiro atoms. The van der Waals surface area contributed by atoms with Crippen LogP contribution in [0.15, 0.2) is 48.5 Å². The molecule has 0 saturated carbocycles. The summed E-state index contributed by atoms with van der Waals surface area (Å²) in [4.78, 5) is 0. The summed E-state index contributed by atoms with van der Waals surface area (Å²) in [5.74, 6) is 1.13. The molecule has 1 aliphatic heterocycles. The van der Waals surface area contributed by atoms with Gasteiger partial charge in [-0.1, -0.05) is 64.1 Å². The Morgan fingerprint density at radius 1 is 0.857 bits per heavy atom. The van der Waals surface area contributed by atoms with Crippen LogP contribution in [-0.2, 0) is 6.04 Å². The van der Waals surface area contributed by atoms with Crippen LogP contribution in [-0.4, -0.2) is 8.32 Å². The molecule has 1 nitrogen and oxygen atoms in total. The summed E-state index contributed by atoms with van der Waals surface area (Å²) in [7, 11) is -1.72. The first-order valence-electron chi connectivity index (χ1n) is 7.90. The average Bonchev–Trinajstić information content (AvgIpc) is 2.88. The maximum atomic E-state index is 6.55. The topological polar surface area (TPSA) is 9.23 Å². The Balaban J connectivity index is 1.98. The summed E-state index contributed by atoms with van der Waals surface area (Å²) in [6.45, 7) is 9.32. The fourth-order valence-corrected chi connectivity index (χ4v) is 7.65. The zero-order valence-corrected chi connectivity index (χ0v) is 14.4. The molecule has 110 valence electrons. The molecule has 1 heterocycles. The van der Waals surface area contributed by atoms with E-state index in [9.17, 15) is 0 Å². The van der Waals surface area contributed by atoms with Crippen LogP contribution in [0.2, 0.25) is 11.1 Å². The van der Waals surface area contributed by atoms with Gasteiger partial charge >= 0.3 is 0 Å². The number of rotatable bonds is 3. The molecule has 2 heteroatoms. The molecule has 0 saturated heterocycles. The third-order valence-corrected chi connectivity index (χ3v) is 10.3. The van der Waals surface area contributed by atoms with Gasteiger partial charge in [-0.2, -0.15) is 0 Å². The van der Waals surface area contributed by atoms with E-state index in [2.05, 4.69) is 76.2 Å². The summed E-state index contributed by atoms with van der Waals surface area (Å²) >= 11 is 0. The number of hydrogen-bond acceptors (Lipinski definition) is 1. The van der Waals surface area contributed by atoms with Gasteiger partial charge in [-0.15, -0.1) is 0 Å². The lowest BCUT2D eigenvalue weighted by Crippen LogP contribution is -2.47. The highest BCUT2D eigenvalue weighted by atomic mass is 28.4. The molecule has 0 bridgehead atoms. The minimum Gasteiger partial charge on any atom is -0.542 e. The summed E-state index contributed by atoms with van der Waals surface area (Å²) in [5.41, 5.74) is 5.28. The van der Waals surface area contributed by atoms with Gasteiger partial charge in [0.25, 0.3) is 8.32 Å². The first-order valence-corrected chi connectivity index (χ1v) is 10.2. The van der Waals surface area contributed by atoms with Gasteiger partial charge < -0.3 is 4.43 Å². The van der Waals surface area contributed by atoms with Crippen molar-refractivity contribution in [2.24, 2.45) is 0 Å². The van der Waals surface area contributed by atoms with E-state index in [-0.39, 0.29) is 0 Å². The van der Waals surface area contributed by atoms with Gasteiger partial charge in [0.1, 0.15) is 5.75 Å². The minimum atomic E-state index is -1.72. The van der Waals surface area contributed by atoms with Crippen LogP contribution in [0.1, 0.15) is 33.3 Å². The fourth-order valence-electron chi connectivity index (χ4n) is 3.48. The van der Waals surface area contributed by atoms with Gasteiger partial charge in [-0.25, -0.2) is 0 Å². The van der Waals surface area contributed by atoms with Crippen molar-refractivity contribution in [1.29, 1.82) is 0 Å². The van der Waals surface area contributed by atoms with E-state index in [0.29, 0.717) is 11.1 Å². The maximum absolute atomic E-state index is 6.55. The Morgan fingerprint density at radius 2 is 1.52 bits per heavy atom. The zero-order valence-electron chi connectivity index (χ0n) is 13.4. The molecule has 0 aromatic heterocycles. The van der Waals surface area contributed by atoms with E-state index in [1.54, 1.807) is 0 Å². The molecule has 1 aliphatic rings. The van der Waals surface area contributed by atoms with Crippen LogP contribution in [0.3, 0.4) is 0 Å². The van der Waals surface area contributed by atoms with Crippen LogP contribution in [0, 0.1) is 0 Å². The van der Waals surface area contributed by atoms with Crippen molar-refractivity contribution in [3.8, 4) is 16.9 Å². The Labute approximate surface area is 129 Å². The molecule has 2 aromatic carbocycles. The van der Waals surface area contributed by atoms with E-state index in [1.165, 1.54) is 16.7 Å². The normalized spacial score (nSPS) is 16.1. The first-order chi connectivity index (χ1) is 10.0. The van der Waals surface area contributed by atoms with Crippen molar-refractivity contribution < 1.29 is 4.43 Å². The van der Waals surface area contributed by atoms with Crippen molar-refractivity contribution in [3.05, 3.63) is 54.1 Å². The van der Waals surface area contributed by atoms with Crippen LogP contribution < -0.4 is 4.43 Å². The second-order valence-electron chi connectivity index (χ2n) is 6.73. The lowest BCUT2D eigenvalue weighted by molar-refractivity contribution is 0.520. The summed E-state index contributed by atoms with van der Waals surface area (Å²) in [6.07, 6.45) is 0. The molecule has 0 radical (unpaired) electrons. The third kappa shape index (κ3) is 2.42. The largest absolute Gasteiger partial charge is 0.542 e. The molecule has 3 rings (SSSR count). The van der Waals surface area contributed by atoms with Crippen LogP contribution in [0.4, 0.5) is 0 Å². The molecule has 0 fully saturated rings. The van der Waals surface area contributed by atoms with Gasteiger partial charge in [-0.3, -0.25) is 0 Å². The highest BCUT2D eigenvalue weighted by Crippen LogP contribution is 2.45. The standard InChI is InChI=1S/C19H24OSi/c1-14(2)21(15(3)4)13-18-12-17(10-11-19(18)20-21)16-8-6-5-7-9-16/h5-12,14-15H,13H2,1-4H3. The predicted molar refractivity (Wildman–Crippen MR) is 92.2 cm³/mol. The molecule has 0 N–H and O–H groups in total. The number of hydrogen-bond donors (Lipinski definition) is 0. The molecular formula is C19H24OSi. The molecule has 0 amide bonds. The lowest BCUT2D eigenvalue weighted by Gasteiger charge is -2.33. The summed E-state index contributed by atoms with van der Waals surface area (Å²) < 4.78 is 6.55. The number of fused-ring (bicyclic) bond motifs is 1. The molecule has 0 unspecified atom stereocenters. The second-order valence-corrected chi connectivity index (χ2v) is 11.5.